The average Bonchev–Trinajstić information content (AvgIpc) is 2.77. The number of rotatable bonds is 7. The number of para-hydroxylation sites is 1. The molecule has 0 fully saturated rings. The van der Waals surface area contributed by atoms with E-state index in [4.69, 9.17) is 4.74 Å². The van der Waals surface area contributed by atoms with Crippen LogP contribution in [0.1, 0.15) is 16.8 Å². The summed E-state index contributed by atoms with van der Waals surface area (Å²) in [6.07, 6.45) is 2.72. The molecule has 2 amide bonds. The van der Waals surface area contributed by atoms with E-state index >= 15 is 0 Å². The van der Waals surface area contributed by atoms with Crippen molar-refractivity contribution in [1.82, 2.24) is 10.3 Å². The highest BCUT2D eigenvalue weighted by Gasteiger charge is 2.09. The van der Waals surface area contributed by atoms with Gasteiger partial charge in [0.05, 0.1) is 17.8 Å². The van der Waals surface area contributed by atoms with E-state index in [1.54, 1.807) is 12.1 Å². The zero-order chi connectivity index (χ0) is 22.2. The largest absolute Gasteiger partial charge is 0.452 e. The third-order valence-corrected chi connectivity index (χ3v) is 4.68. The van der Waals surface area contributed by atoms with Gasteiger partial charge in [0.25, 0.3) is 5.91 Å². The fourth-order valence-corrected chi connectivity index (χ4v) is 2.82. The maximum Gasteiger partial charge on any atom is 0.331 e. The van der Waals surface area contributed by atoms with Crippen LogP contribution in [-0.4, -0.2) is 35.9 Å². The summed E-state index contributed by atoms with van der Waals surface area (Å²) in [6.45, 7) is 3.15. The van der Waals surface area contributed by atoms with Gasteiger partial charge in [0.15, 0.2) is 6.61 Å². The number of nitrogens with zero attached hydrogens (tertiary/aromatic N) is 1. The highest BCUT2D eigenvalue weighted by atomic mass is 16.5. The van der Waals surface area contributed by atoms with E-state index in [1.807, 2.05) is 56.3 Å². The fraction of sp³-hybridized carbons (Fsp3) is 0.167. The van der Waals surface area contributed by atoms with Crippen LogP contribution in [0.3, 0.4) is 0 Å². The molecule has 0 saturated carbocycles. The maximum absolute atomic E-state index is 12.0. The minimum atomic E-state index is -0.676. The standard InChI is InChI=1S/C24H23N3O4/c1-16-6-5-9-20(17(16)2)27-22(28)14-25-23(29)15-31-24(30)13-12-19-11-10-18-7-3-4-8-21(18)26-19/h3-13H,14-15H2,1-2H3,(H,25,29)(H,27,28). The Kier molecular flexibility index (Phi) is 7.11. The van der Waals surface area contributed by atoms with Crippen molar-refractivity contribution in [3.8, 4) is 0 Å². The van der Waals surface area contributed by atoms with Gasteiger partial charge in [-0.2, -0.15) is 0 Å². The van der Waals surface area contributed by atoms with Crippen LogP contribution in [0.2, 0.25) is 0 Å². The van der Waals surface area contributed by atoms with Gasteiger partial charge in [-0.3, -0.25) is 9.59 Å². The van der Waals surface area contributed by atoms with E-state index in [-0.39, 0.29) is 12.5 Å². The molecule has 3 aromatic rings. The molecule has 2 N–H and O–H groups in total. The van der Waals surface area contributed by atoms with E-state index in [2.05, 4.69) is 15.6 Å². The number of ether oxygens (including phenoxy) is 1. The Bertz CT molecular complexity index is 1150. The van der Waals surface area contributed by atoms with Crippen LogP contribution in [0.5, 0.6) is 0 Å². The van der Waals surface area contributed by atoms with Crippen LogP contribution >= 0.6 is 0 Å². The summed E-state index contributed by atoms with van der Waals surface area (Å²) in [5, 5.41) is 6.16. The number of aryl methyl sites for hydroxylation is 1. The number of anilines is 1. The normalized spacial score (nSPS) is 10.8. The maximum atomic E-state index is 12.0. The summed E-state index contributed by atoms with van der Waals surface area (Å²) >= 11 is 0. The van der Waals surface area contributed by atoms with Crippen molar-refractivity contribution >= 4 is 40.4 Å². The molecule has 0 unspecified atom stereocenters. The van der Waals surface area contributed by atoms with Gasteiger partial charge in [0, 0.05) is 17.1 Å². The summed E-state index contributed by atoms with van der Waals surface area (Å²) in [5.41, 5.74) is 4.13. The van der Waals surface area contributed by atoms with Crippen molar-refractivity contribution in [3.63, 3.8) is 0 Å². The van der Waals surface area contributed by atoms with Crippen LogP contribution in [-0.2, 0) is 19.1 Å². The van der Waals surface area contributed by atoms with Gasteiger partial charge in [-0.1, -0.05) is 36.4 Å². The van der Waals surface area contributed by atoms with Crippen LogP contribution in [0.15, 0.2) is 60.7 Å². The Morgan fingerprint density at radius 1 is 0.968 bits per heavy atom. The Hall–Kier alpha value is -4.00. The van der Waals surface area contributed by atoms with Gasteiger partial charge in [0.1, 0.15) is 0 Å². The highest BCUT2D eigenvalue weighted by molar-refractivity contribution is 5.96. The summed E-state index contributed by atoms with van der Waals surface area (Å²) in [5.74, 6) is -1.61. The number of amides is 2. The topological polar surface area (TPSA) is 97.4 Å². The molecule has 0 radical (unpaired) electrons. The second-order valence-electron chi connectivity index (χ2n) is 6.94. The first kappa shape index (κ1) is 21.7. The third-order valence-electron chi connectivity index (χ3n) is 4.68. The van der Waals surface area contributed by atoms with E-state index in [1.165, 1.54) is 12.2 Å². The summed E-state index contributed by atoms with van der Waals surface area (Å²) < 4.78 is 4.90. The van der Waals surface area contributed by atoms with Crippen molar-refractivity contribution < 1.29 is 19.1 Å². The van der Waals surface area contributed by atoms with Crippen LogP contribution in [0.4, 0.5) is 5.69 Å². The van der Waals surface area contributed by atoms with Crippen molar-refractivity contribution in [1.29, 1.82) is 0 Å². The van der Waals surface area contributed by atoms with Gasteiger partial charge >= 0.3 is 5.97 Å². The number of hydrogen-bond acceptors (Lipinski definition) is 5. The molecule has 0 bridgehead atoms. The van der Waals surface area contributed by atoms with Crippen molar-refractivity contribution in [2.75, 3.05) is 18.5 Å². The second-order valence-corrected chi connectivity index (χ2v) is 6.94. The first-order chi connectivity index (χ1) is 14.9. The molecular formula is C24H23N3O4. The Morgan fingerprint density at radius 2 is 1.77 bits per heavy atom. The predicted molar refractivity (Wildman–Crippen MR) is 119 cm³/mol. The second kappa shape index (κ2) is 10.2. The molecule has 0 aliphatic rings. The van der Waals surface area contributed by atoms with Crippen molar-refractivity contribution in [2.45, 2.75) is 13.8 Å². The van der Waals surface area contributed by atoms with Crippen LogP contribution in [0, 0.1) is 13.8 Å². The zero-order valence-corrected chi connectivity index (χ0v) is 17.3. The average molecular weight is 417 g/mol. The SMILES string of the molecule is Cc1cccc(NC(=O)CNC(=O)COC(=O)C=Cc2ccc3ccccc3n2)c1C. The predicted octanol–water partition coefficient (Wildman–Crippen LogP) is 3.16. The molecule has 0 spiro atoms. The zero-order valence-electron chi connectivity index (χ0n) is 17.3. The Morgan fingerprint density at radius 3 is 2.61 bits per heavy atom. The van der Waals surface area contributed by atoms with Gasteiger partial charge in [-0.25, -0.2) is 9.78 Å². The molecule has 2 aromatic carbocycles. The van der Waals surface area contributed by atoms with Crippen LogP contribution < -0.4 is 10.6 Å². The molecular weight excluding hydrogens is 394 g/mol. The number of pyridine rings is 1. The molecule has 0 saturated heterocycles. The van der Waals surface area contributed by atoms with Gasteiger partial charge in [0.2, 0.25) is 5.91 Å². The first-order valence-corrected chi connectivity index (χ1v) is 9.76. The van der Waals surface area contributed by atoms with Crippen molar-refractivity contribution in [3.05, 3.63) is 77.5 Å². The minimum absolute atomic E-state index is 0.222. The van der Waals surface area contributed by atoms with E-state index in [0.29, 0.717) is 11.4 Å². The number of benzene rings is 2. The third kappa shape index (κ3) is 6.24. The molecule has 31 heavy (non-hydrogen) atoms. The molecule has 0 aliphatic carbocycles. The van der Waals surface area contributed by atoms with Crippen molar-refractivity contribution in [2.24, 2.45) is 0 Å². The number of hydrogen-bond donors (Lipinski definition) is 2. The smallest absolute Gasteiger partial charge is 0.331 e. The lowest BCUT2D eigenvalue weighted by Gasteiger charge is -2.11. The lowest BCUT2D eigenvalue weighted by molar-refractivity contribution is -0.143. The fourth-order valence-electron chi connectivity index (χ4n) is 2.82. The summed E-state index contributed by atoms with van der Waals surface area (Å²) in [4.78, 5) is 40.1. The molecule has 0 atom stereocenters. The molecule has 158 valence electrons. The molecule has 1 heterocycles. The number of nitrogens with one attached hydrogen (secondary N) is 2. The van der Waals surface area contributed by atoms with Crippen LogP contribution in [0.25, 0.3) is 17.0 Å². The summed E-state index contributed by atoms with van der Waals surface area (Å²) in [6, 6.07) is 16.9. The molecule has 7 nitrogen and oxygen atoms in total. The number of carbonyl (C=O) groups is 3. The van der Waals surface area contributed by atoms with Gasteiger partial charge in [-0.15, -0.1) is 0 Å². The Balaban J connectivity index is 1.42. The first-order valence-electron chi connectivity index (χ1n) is 9.76. The van der Waals surface area contributed by atoms with E-state index < -0.39 is 18.5 Å². The number of esters is 1. The minimum Gasteiger partial charge on any atom is -0.452 e. The molecule has 1 aromatic heterocycles. The number of fused-ring (bicyclic) bond motifs is 1. The Labute approximate surface area is 180 Å². The summed E-state index contributed by atoms with van der Waals surface area (Å²) in [7, 11) is 0. The highest BCUT2D eigenvalue weighted by Crippen LogP contribution is 2.17. The molecule has 3 rings (SSSR count). The van der Waals surface area contributed by atoms with Gasteiger partial charge in [-0.05, 0) is 49.2 Å². The van der Waals surface area contributed by atoms with Gasteiger partial charge < -0.3 is 15.4 Å². The number of carbonyl (C=O) groups excluding carboxylic acids is 3. The lowest BCUT2D eigenvalue weighted by atomic mass is 10.1. The van der Waals surface area contributed by atoms with E-state index in [0.717, 1.165) is 22.0 Å². The monoisotopic (exact) mass is 417 g/mol. The molecule has 0 aliphatic heterocycles. The number of aromatic nitrogens is 1. The molecule has 7 heteroatoms. The quantitative estimate of drug-likeness (QED) is 0.455. The lowest BCUT2D eigenvalue weighted by Crippen LogP contribution is -2.35. The van der Waals surface area contributed by atoms with E-state index in [9.17, 15) is 14.4 Å².